The number of nitrogens with zero attached hydrogens (tertiary/aromatic N) is 1. The highest BCUT2D eigenvalue weighted by Crippen LogP contribution is 2.28. The topological polar surface area (TPSA) is 55.6 Å². The molecule has 0 radical (unpaired) electrons. The summed E-state index contributed by atoms with van der Waals surface area (Å²) < 4.78 is 5.18. The second-order valence-electron chi connectivity index (χ2n) is 4.29. The van der Waals surface area contributed by atoms with Crippen LogP contribution in [0.2, 0.25) is 0 Å². The molecular weight excluding hydrogens is 268 g/mol. The molecule has 0 aromatic carbocycles. The van der Waals surface area contributed by atoms with E-state index in [4.69, 9.17) is 22.7 Å². The highest BCUT2D eigenvalue weighted by molar-refractivity contribution is 7.80. The summed E-state index contributed by atoms with van der Waals surface area (Å²) in [4.78, 5) is 15.4. The fraction of sp³-hybridized carbons (Fsp3) is 0.500. The molecule has 18 heavy (non-hydrogen) atoms. The SMILES string of the molecule is COc1ccsc1C(=O)N1CCC(C(N)=S)CC1. The molecule has 1 aromatic heterocycles. The molecule has 1 fully saturated rings. The number of rotatable bonds is 3. The van der Waals surface area contributed by atoms with Crippen LogP contribution in [0.15, 0.2) is 11.4 Å². The van der Waals surface area contributed by atoms with Crippen molar-refractivity contribution in [1.29, 1.82) is 0 Å². The van der Waals surface area contributed by atoms with Crippen LogP contribution in [0, 0.1) is 5.92 Å². The highest BCUT2D eigenvalue weighted by atomic mass is 32.1. The van der Waals surface area contributed by atoms with E-state index in [1.165, 1.54) is 11.3 Å². The first-order chi connectivity index (χ1) is 8.63. The van der Waals surface area contributed by atoms with Gasteiger partial charge in [-0.1, -0.05) is 12.2 Å². The van der Waals surface area contributed by atoms with Crippen molar-refractivity contribution in [2.24, 2.45) is 11.7 Å². The van der Waals surface area contributed by atoms with Crippen LogP contribution < -0.4 is 10.5 Å². The second-order valence-corrected chi connectivity index (χ2v) is 5.67. The van der Waals surface area contributed by atoms with Crippen LogP contribution in [0.1, 0.15) is 22.5 Å². The lowest BCUT2D eigenvalue weighted by molar-refractivity contribution is 0.0712. The summed E-state index contributed by atoms with van der Waals surface area (Å²) in [7, 11) is 1.58. The predicted octanol–water partition coefficient (Wildman–Crippen LogP) is 1.90. The first-order valence-electron chi connectivity index (χ1n) is 5.83. The molecule has 1 aromatic rings. The lowest BCUT2D eigenvalue weighted by Crippen LogP contribution is -2.41. The van der Waals surface area contributed by atoms with Crippen molar-refractivity contribution in [3.05, 3.63) is 16.3 Å². The molecule has 6 heteroatoms. The summed E-state index contributed by atoms with van der Waals surface area (Å²) in [5.74, 6) is 0.971. The molecule has 0 saturated carbocycles. The van der Waals surface area contributed by atoms with E-state index in [1.54, 1.807) is 7.11 Å². The van der Waals surface area contributed by atoms with Crippen molar-refractivity contribution in [1.82, 2.24) is 4.90 Å². The minimum atomic E-state index is 0.0447. The number of piperidine rings is 1. The van der Waals surface area contributed by atoms with E-state index in [0.717, 1.165) is 12.8 Å². The number of methoxy groups -OCH3 is 1. The second kappa shape index (κ2) is 5.67. The van der Waals surface area contributed by atoms with E-state index in [-0.39, 0.29) is 11.8 Å². The monoisotopic (exact) mass is 284 g/mol. The van der Waals surface area contributed by atoms with Crippen LogP contribution in [0.5, 0.6) is 5.75 Å². The Morgan fingerprint density at radius 3 is 2.78 bits per heavy atom. The molecule has 0 aliphatic carbocycles. The summed E-state index contributed by atoms with van der Waals surface area (Å²) in [6.07, 6.45) is 1.71. The molecule has 1 aliphatic rings. The summed E-state index contributed by atoms with van der Waals surface area (Å²) in [5.41, 5.74) is 5.64. The Bertz CT molecular complexity index is 451. The van der Waals surface area contributed by atoms with Gasteiger partial charge in [-0.3, -0.25) is 4.79 Å². The van der Waals surface area contributed by atoms with E-state index in [1.807, 2.05) is 16.3 Å². The molecule has 1 saturated heterocycles. The number of likely N-dealkylation sites (tertiary alicyclic amines) is 1. The Morgan fingerprint density at radius 2 is 2.22 bits per heavy atom. The van der Waals surface area contributed by atoms with Crippen LogP contribution in [-0.4, -0.2) is 36.0 Å². The van der Waals surface area contributed by atoms with Crippen molar-refractivity contribution >= 4 is 34.5 Å². The third-order valence-electron chi connectivity index (χ3n) is 3.23. The molecule has 0 spiro atoms. The van der Waals surface area contributed by atoms with E-state index in [9.17, 15) is 4.79 Å². The van der Waals surface area contributed by atoms with E-state index in [2.05, 4.69) is 0 Å². The fourth-order valence-corrected chi connectivity index (χ4v) is 3.19. The van der Waals surface area contributed by atoms with Gasteiger partial charge in [0.05, 0.1) is 12.1 Å². The maximum Gasteiger partial charge on any atom is 0.267 e. The quantitative estimate of drug-likeness (QED) is 0.861. The fourth-order valence-electron chi connectivity index (χ4n) is 2.12. The molecule has 2 rings (SSSR count). The van der Waals surface area contributed by atoms with Crippen molar-refractivity contribution in [2.75, 3.05) is 20.2 Å². The number of hydrogen-bond acceptors (Lipinski definition) is 4. The van der Waals surface area contributed by atoms with Crippen molar-refractivity contribution in [3.8, 4) is 5.75 Å². The number of nitrogens with two attached hydrogens (primary N) is 1. The van der Waals surface area contributed by atoms with Gasteiger partial charge in [0, 0.05) is 19.0 Å². The van der Waals surface area contributed by atoms with Crippen LogP contribution in [0.3, 0.4) is 0 Å². The maximum absolute atomic E-state index is 12.3. The molecule has 0 atom stereocenters. The molecular formula is C12H16N2O2S2. The standard InChI is InChI=1S/C12H16N2O2S2/c1-16-9-4-7-18-10(9)12(15)14-5-2-8(3-6-14)11(13)17/h4,7-8H,2-3,5-6H2,1H3,(H2,13,17). The summed E-state index contributed by atoms with van der Waals surface area (Å²) >= 11 is 6.41. The van der Waals surface area contributed by atoms with Gasteiger partial charge in [-0.15, -0.1) is 11.3 Å². The average Bonchev–Trinajstić information content (AvgIpc) is 2.86. The van der Waals surface area contributed by atoms with E-state index in [0.29, 0.717) is 28.7 Å². The van der Waals surface area contributed by atoms with Crippen LogP contribution in [0.4, 0.5) is 0 Å². The van der Waals surface area contributed by atoms with Crippen molar-refractivity contribution in [2.45, 2.75) is 12.8 Å². The number of thiocarbonyl (C=S) groups is 1. The van der Waals surface area contributed by atoms with Gasteiger partial charge in [-0.05, 0) is 24.3 Å². The Kier molecular flexibility index (Phi) is 4.19. The Labute approximate surface area is 116 Å². The summed E-state index contributed by atoms with van der Waals surface area (Å²) in [5, 5.41) is 1.87. The van der Waals surface area contributed by atoms with Gasteiger partial charge in [0.25, 0.3) is 5.91 Å². The number of carbonyl (C=O) groups is 1. The van der Waals surface area contributed by atoms with Gasteiger partial charge in [-0.2, -0.15) is 0 Å². The molecule has 1 aliphatic heterocycles. The number of thiophene rings is 1. The molecule has 0 unspecified atom stereocenters. The third-order valence-corrected chi connectivity index (χ3v) is 4.44. The average molecular weight is 284 g/mol. The Balaban J connectivity index is 2.02. The Hall–Kier alpha value is -1.14. The van der Waals surface area contributed by atoms with E-state index >= 15 is 0 Å². The van der Waals surface area contributed by atoms with Gasteiger partial charge in [-0.25, -0.2) is 0 Å². The number of carbonyl (C=O) groups excluding carboxylic acids is 1. The first-order valence-corrected chi connectivity index (χ1v) is 7.12. The smallest absolute Gasteiger partial charge is 0.267 e. The van der Waals surface area contributed by atoms with Crippen LogP contribution >= 0.6 is 23.6 Å². The molecule has 4 nitrogen and oxygen atoms in total. The minimum absolute atomic E-state index is 0.0447. The van der Waals surface area contributed by atoms with Crippen LogP contribution in [-0.2, 0) is 0 Å². The van der Waals surface area contributed by atoms with Gasteiger partial charge in [0.2, 0.25) is 0 Å². The van der Waals surface area contributed by atoms with Crippen molar-refractivity contribution in [3.63, 3.8) is 0 Å². The zero-order chi connectivity index (χ0) is 13.1. The highest BCUT2D eigenvalue weighted by Gasteiger charge is 2.27. The third kappa shape index (κ3) is 2.64. The number of amides is 1. The summed E-state index contributed by atoms with van der Waals surface area (Å²) in [6.45, 7) is 1.42. The lowest BCUT2D eigenvalue weighted by Gasteiger charge is -2.31. The minimum Gasteiger partial charge on any atom is -0.495 e. The largest absolute Gasteiger partial charge is 0.495 e. The molecule has 2 N–H and O–H groups in total. The Morgan fingerprint density at radius 1 is 1.56 bits per heavy atom. The maximum atomic E-state index is 12.3. The normalized spacial score (nSPS) is 16.6. The predicted molar refractivity (Wildman–Crippen MR) is 76.3 cm³/mol. The van der Waals surface area contributed by atoms with Gasteiger partial charge >= 0.3 is 0 Å². The zero-order valence-corrected chi connectivity index (χ0v) is 11.9. The van der Waals surface area contributed by atoms with Crippen LogP contribution in [0.25, 0.3) is 0 Å². The lowest BCUT2D eigenvalue weighted by atomic mass is 9.97. The van der Waals surface area contributed by atoms with Crippen molar-refractivity contribution < 1.29 is 9.53 Å². The number of ether oxygens (including phenoxy) is 1. The molecule has 98 valence electrons. The molecule has 1 amide bonds. The number of hydrogen-bond donors (Lipinski definition) is 1. The van der Waals surface area contributed by atoms with Gasteiger partial charge in [0.1, 0.15) is 10.6 Å². The zero-order valence-electron chi connectivity index (χ0n) is 10.2. The molecule has 0 bridgehead atoms. The molecule has 2 heterocycles. The van der Waals surface area contributed by atoms with Gasteiger partial charge in [0.15, 0.2) is 0 Å². The summed E-state index contributed by atoms with van der Waals surface area (Å²) in [6, 6.07) is 1.82. The first kappa shape index (κ1) is 13.3. The van der Waals surface area contributed by atoms with Gasteiger partial charge < -0.3 is 15.4 Å². The van der Waals surface area contributed by atoms with E-state index < -0.39 is 0 Å².